The first-order valence-electron chi connectivity index (χ1n) is 6.77. The van der Waals surface area contributed by atoms with Crippen LogP contribution in [0.15, 0.2) is 16.9 Å². The highest BCUT2D eigenvalue weighted by atomic mass is 32.1. The number of allylic oxidation sites excluding steroid dienone is 2. The molecule has 0 amide bonds. The van der Waals surface area contributed by atoms with Crippen molar-refractivity contribution in [2.24, 2.45) is 0 Å². The number of H-pyrrole nitrogens is 1. The Balaban J connectivity index is 1.87. The molecule has 4 rings (SSSR count). The molecular formula is C15H13N3OS. The van der Waals surface area contributed by atoms with E-state index in [0.717, 1.165) is 47.8 Å². The van der Waals surface area contributed by atoms with Gasteiger partial charge in [0.15, 0.2) is 5.69 Å². The first kappa shape index (κ1) is 11.8. The molecule has 0 bridgehead atoms. The van der Waals surface area contributed by atoms with Crippen molar-refractivity contribution in [3.63, 3.8) is 0 Å². The minimum Gasteiger partial charge on any atom is -0.322 e. The second-order valence-corrected chi connectivity index (χ2v) is 6.07. The van der Waals surface area contributed by atoms with Crippen molar-refractivity contribution in [1.29, 1.82) is 0 Å². The largest absolute Gasteiger partial charge is 0.322 e. The average molecular weight is 283 g/mol. The smallest absolute Gasteiger partial charge is 0.277 e. The zero-order valence-electron chi connectivity index (χ0n) is 10.8. The summed E-state index contributed by atoms with van der Waals surface area (Å²) in [7, 11) is 0. The second kappa shape index (κ2) is 4.52. The lowest BCUT2D eigenvalue weighted by molar-refractivity contribution is 0.890. The Hall–Kier alpha value is -2.01. The standard InChI is InChI=1S/C15H13N3OS/c19-14-13(16-9-5-1-2-6-10(9)17-14)15-18-11-7-3-4-8-12(11)20-15/h1,3,5,7H,2,4,6,8H2,(H,17,19). The van der Waals surface area contributed by atoms with E-state index in [1.54, 1.807) is 11.3 Å². The normalized spacial score (nSPS) is 16.0. The molecule has 20 heavy (non-hydrogen) atoms. The summed E-state index contributed by atoms with van der Waals surface area (Å²) in [6.45, 7) is 0. The topological polar surface area (TPSA) is 58.6 Å². The summed E-state index contributed by atoms with van der Waals surface area (Å²) in [4.78, 5) is 25.5. The lowest BCUT2D eigenvalue weighted by atomic mass is 10.1. The van der Waals surface area contributed by atoms with Crippen LogP contribution in [0.25, 0.3) is 22.9 Å². The molecule has 0 unspecified atom stereocenters. The monoisotopic (exact) mass is 283 g/mol. The van der Waals surface area contributed by atoms with Crippen LogP contribution in [-0.4, -0.2) is 15.0 Å². The fraction of sp³-hybridized carbons (Fsp3) is 0.267. The molecule has 2 aromatic heterocycles. The number of hydrogen-bond donors (Lipinski definition) is 1. The Kier molecular flexibility index (Phi) is 2.67. The maximum absolute atomic E-state index is 12.2. The number of hydrogen-bond acceptors (Lipinski definition) is 4. The number of aromatic amines is 1. The number of nitrogens with one attached hydrogen (secondary N) is 1. The quantitative estimate of drug-likeness (QED) is 0.875. The number of nitrogens with zero attached hydrogens (tertiary/aromatic N) is 2. The minimum absolute atomic E-state index is 0.130. The lowest BCUT2D eigenvalue weighted by Gasteiger charge is -2.09. The average Bonchev–Trinajstić information content (AvgIpc) is 2.90. The zero-order chi connectivity index (χ0) is 13.5. The molecule has 5 heteroatoms. The van der Waals surface area contributed by atoms with Crippen LogP contribution in [0.5, 0.6) is 0 Å². The van der Waals surface area contributed by atoms with Gasteiger partial charge in [-0.2, -0.15) is 0 Å². The summed E-state index contributed by atoms with van der Waals surface area (Å²) in [5.74, 6) is 0. The molecule has 0 saturated carbocycles. The van der Waals surface area contributed by atoms with Gasteiger partial charge in [-0.3, -0.25) is 4.79 Å². The Morgan fingerprint density at radius 3 is 2.70 bits per heavy atom. The summed E-state index contributed by atoms with van der Waals surface area (Å²) in [6, 6.07) is 0. The fourth-order valence-corrected chi connectivity index (χ4v) is 3.63. The van der Waals surface area contributed by atoms with Gasteiger partial charge in [0.2, 0.25) is 0 Å². The molecular weight excluding hydrogens is 270 g/mol. The Morgan fingerprint density at radius 2 is 1.85 bits per heavy atom. The van der Waals surface area contributed by atoms with E-state index in [-0.39, 0.29) is 5.56 Å². The Morgan fingerprint density at radius 1 is 1.05 bits per heavy atom. The molecule has 0 radical (unpaired) electrons. The van der Waals surface area contributed by atoms with Crippen LogP contribution in [0, 0.1) is 0 Å². The molecule has 0 spiro atoms. The number of aromatic nitrogens is 3. The predicted molar refractivity (Wildman–Crippen MR) is 80.7 cm³/mol. The van der Waals surface area contributed by atoms with Crippen molar-refractivity contribution < 1.29 is 0 Å². The van der Waals surface area contributed by atoms with Crippen LogP contribution in [0.1, 0.15) is 34.8 Å². The van der Waals surface area contributed by atoms with Crippen LogP contribution in [0.3, 0.4) is 0 Å². The molecule has 1 N–H and O–H groups in total. The summed E-state index contributed by atoms with van der Waals surface area (Å²) < 4.78 is 0. The van der Waals surface area contributed by atoms with Gasteiger partial charge in [0.1, 0.15) is 5.01 Å². The fourth-order valence-electron chi connectivity index (χ4n) is 2.58. The van der Waals surface area contributed by atoms with Crippen molar-refractivity contribution in [3.8, 4) is 10.7 Å². The molecule has 0 aromatic carbocycles. The van der Waals surface area contributed by atoms with Crippen LogP contribution in [-0.2, 0) is 12.8 Å². The molecule has 2 aliphatic carbocycles. The molecule has 0 fully saturated rings. The van der Waals surface area contributed by atoms with Crippen molar-refractivity contribution in [1.82, 2.24) is 15.0 Å². The summed E-state index contributed by atoms with van der Waals surface area (Å²) in [5.41, 5.74) is 3.11. The van der Waals surface area contributed by atoms with Crippen molar-refractivity contribution >= 4 is 23.5 Å². The minimum atomic E-state index is -0.130. The van der Waals surface area contributed by atoms with Crippen LogP contribution < -0.4 is 5.56 Å². The van der Waals surface area contributed by atoms with E-state index in [9.17, 15) is 4.79 Å². The van der Waals surface area contributed by atoms with E-state index in [2.05, 4.69) is 27.1 Å². The summed E-state index contributed by atoms with van der Waals surface area (Å²) in [5, 5.41) is 0.726. The van der Waals surface area contributed by atoms with Gasteiger partial charge >= 0.3 is 0 Å². The molecule has 0 atom stereocenters. The number of thiazole rings is 1. The third-order valence-electron chi connectivity index (χ3n) is 3.60. The number of rotatable bonds is 1. The maximum atomic E-state index is 12.2. The SMILES string of the molecule is O=c1[nH]c2c(nc1-c1nc3c(s1)CCC=C3)C=CCC2. The van der Waals surface area contributed by atoms with E-state index in [1.807, 2.05) is 12.2 Å². The van der Waals surface area contributed by atoms with Crippen molar-refractivity contribution in [2.45, 2.75) is 25.7 Å². The Labute approximate surface area is 119 Å². The highest BCUT2D eigenvalue weighted by molar-refractivity contribution is 7.15. The molecule has 2 aromatic rings. The third kappa shape index (κ3) is 1.86. The first-order chi connectivity index (χ1) is 9.81. The highest BCUT2D eigenvalue weighted by Gasteiger charge is 2.18. The van der Waals surface area contributed by atoms with Crippen LogP contribution in [0.2, 0.25) is 0 Å². The van der Waals surface area contributed by atoms with E-state index in [0.29, 0.717) is 5.69 Å². The molecule has 4 nitrogen and oxygen atoms in total. The predicted octanol–water partition coefficient (Wildman–Crippen LogP) is 2.81. The maximum Gasteiger partial charge on any atom is 0.277 e. The van der Waals surface area contributed by atoms with Gasteiger partial charge < -0.3 is 4.98 Å². The van der Waals surface area contributed by atoms with Gasteiger partial charge in [-0.1, -0.05) is 12.2 Å². The highest BCUT2D eigenvalue weighted by Crippen LogP contribution is 2.30. The van der Waals surface area contributed by atoms with Crippen LogP contribution >= 0.6 is 11.3 Å². The summed E-state index contributed by atoms with van der Waals surface area (Å²) in [6.07, 6.45) is 12.1. The van der Waals surface area contributed by atoms with Crippen LogP contribution in [0.4, 0.5) is 0 Å². The van der Waals surface area contributed by atoms with E-state index in [1.165, 1.54) is 4.88 Å². The van der Waals surface area contributed by atoms with Gasteiger partial charge in [0.25, 0.3) is 5.56 Å². The first-order valence-corrected chi connectivity index (χ1v) is 7.59. The molecule has 2 aliphatic rings. The third-order valence-corrected chi connectivity index (χ3v) is 4.74. The van der Waals surface area contributed by atoms with Gasteiger partial charge in [-0.05, 0) is 37.8 Å². The second-order valence-electron chi connectivity index (χ2n) is 4.99. The number of aryl methyl sites for hydroxylation is 2. The van der Waals surface area contributed by atoms with E-state index in [4.69, 9.17) is 0 Å². The van der Waals surface area contributed by atoms with E-state index >= 15 is 0 Å². The van der Waals surface area contributed by atoms with Gasteiger partial charge in [-0.25, -0.2) is 9.97 Å². The molecule has 100 valence electrons. The number of fused-ring (bicyclic) bond motifs is 2. The van der Waals surface area contributed by atoms with Gasteiger partial charge in [-0.15, -0.1) is 11.3 Å². The molecule has 2 heterocycles. The lowest BCUT2D eigenvalue weighted by Crippen LogP contribution is -2.17. The van der Waals surface area contributed by atoms with Crippen molar-refractivity contribution in [3.05, 3.63) is 44.5 Å². The molecule has 0 saturated heterocycles. The summed E-state index contributed by atoms with van der Waals surface area (Å²) >= 11 is 1.58. The molecule has 0 aliphatic heterocycles. The van der Waals surface area contributed by atoms with Gasteiger partial charge in [0.05, 0.1) is 11.4 Å². The van der Waals surface area contributed by atoms with Gasteiger partial charge in [0, 0.05) is 10.6 Å². The zero-order valence-corrected chi connectivity index (χ0v) is 11.7. The van der Waals surface area contributed by atoms with E-state index < -0.39 is 0 Å². The van der Waals surface area contributed by atoms with Crippen molar-refractivity contribution in [2.75, 3.05) is 0 Å². The Bertz CT molecular complexity index is 798.